The van der Waals surface area contributed by atoms with Gasteiger partial charge in [0.15, 0.2) is 0 Å². The molecule has 0 aliphatic carbocycles. The van der Waals surface area contributed by atoms with E-state index < -0.39 is 0 Å². The lowest BCUT2D eigenvalue weighted by molar-refractivity contribution is 0.798. The van der Waals surface area contributed by atoms with Crippen molar-refractivity contribution >= 4 is 21.6 Å². The van der Waals surface area contributed by atoms with Gasteiger partial charge in [-0.15, -0.1) is 0 Å². The smallest absolute Gasteiger partial charge is 0.0445 e. The van der Waals surface area contributed by atoms with Gasteiger partial charge in [0, 0.05) is 47.8 Å². The van der Waals surface area contributed by atoms with Crippen LogP contribution >= 0.6 is 15.9 Å². The summed E-state index contributed by atoms with van der Waals surface area (Å²) in [5.41, 5.74) is 4.76. The van der Waals surface area contributed by atoms with Gasteiger partial charge in [0.1, 0.15) is 0 Å². The van der Waals surface area contributed by atoms with Crippen LogP contribution in [0.25, 0.3) is 0 Å². The van der Waals surface area contributed by atoms with E-state index in [2.05, 4.69) is 62.4 Å². The number of hydrogen-bond donors (Lipinski definition) is 1. The first kappa shape index (κ1) is 15.0. The van der Waals surface area contributed by atoms with Gasteiger partial charge in [0.2, 0.25) is 0 Å². The number of benzene rings is 1. The zero-order valence-corrected chi connectivity index (χ0v) is 13.7. The topological polar surface area (TPSA) is 28.2 Å². The van der Waals surface area contributed by atoms with Gasteiger partial charge in [-0.05, 0) is 31.7 Å². The van der Waals surface area contributed by atoms with Gasteiger partial charge in [0.25, 0.3) is 0 Å². The lowest BCUT2D eigenvalue weighted by Gasteiger charge is -2.23. The minimum atomic E-state index is 0.822. The Morgan fingerprint density at radius 2 is 2.00 bits per heavy atom. The first-order chi connectivity index (χ1) is 9.61. The van der Waals surface area contributed by atoms with E-state index >= 15 is 0 Å². The molecule has 0 atom stereocenters. The van der Waals surface area contributed by atoms with Crippen molar-refractivity contribution in [2.24, 2.45) is 0 Å². The van der Waals surface area contributed by atoms with Gasteiger partial charge in [-0.2, -0.15) is 0 Å². The molecule has 2 rings (SSSR count). The molecular formula is C16H20BrN3. The van der Waals surface area contributed by atoms with Crippen LogP contribution in [0, 0.1) is 6.92 Å². The third kappa shape index (κ3) is 3.58. The largest absolute Gasteiger partial charge is 0.370 e. The Bertz CT molecular complexity index is 584. The Balaban J connectivity index is 2.26. The first-order valence-corrected chi connectivity index (χ1v) is 7.45. The highest BCUT2D eigenvalue weighted by molar-refractivity contribution is 9.10. The van der Waals surface area contributed by atoms with Crippen LogP contribution in [-0.4, -0.2) is 19.1 Å². The van der Waals surface area contributed by atoms with Crippen LogP contribution in [-0.2, 0) is 13.1 Å². The molecule has 4 heteroatoms. The molecule has 0 aliphatic rings. The normalized spacial score (nSPS) is 10.6. The average Bonchev–Trinajstić information content (AvgIpc) is 2.43. The molecule has 106 valence electrons. The van der Waals surface area contributed by atoms with E-state index in [1.54, 1.807) is 0 Å². The van der Waals surface area contributed by atoms with Gasteiger partial charge < -0.3 is 10.2 Å². The SMILES string of the molecule is CNCc1cnc(C)cc1N(C)Cc1ccccc1Br. The molecule has 0 saturated heterocycles. The number of halogens is 1. The molecule has 3 nitrogen and oxygen atoms in total. The van der Waals surface area contributed by atoms with Crippen LogP contribution in [0.5, 0.6) is 0 Å². The maximum absolute atomic E-state index is 4.39. The summed E-state index contributed by atoms with van der Waals surface area (Å²) in [5, 5.41) is 3.20. The summed E-state index contributed by atoms with van der Waals surface area (Å²) in [6.07, 6.45) is 1.96. The van der Waals surface area contributed by atoms with Gasteiger partial charge in [-0.25, -0.2) is 0 Å². The molecule has 0 bridgehead atoms. The van der Waals surface area contributed by atoms with E-state index in [0.29, 0.717) is 0 Å². The lowest BCUT2D eigenvalue weighted by atomic mass is 10.1. The second kappa shape index (κ2) is 6.86. The molecule has 0 saturated carbocycles. The summed E-state index contributed by atoms with van der Waals surface area (Å²) in [6, 6.07) is 10.5. The van der Waals surface area contributed by atoms with Crippen molar-refractivity contribution < 1.29 is 0 Å². The van der Waals surface area contributed by atoms with Crippen LogP contribution < -0.4 is 10.2 Å². The molecule has 0 radical (unpaired) electrons. The highest BCUT2D eigenvalue weighted by Crippen LogP contribution is 2.24. The summed E-state index contributed by atoms with van der Waals surface area (Å²) in [5.74, 6) is 0. The number of anilines is 1. The fraction of sp³-hybridized carbons (Fsp3) is 0.312. The maximum atomic E-state index is 4.39. The molecule has 20 heavy (non-hydrogen) atoms. The monoisotopic (exact) mass is 333 g/mol. The van der Waals surface area contributed by atoms with Crippen molar-refractivity contribution in [2.45, 2.75) is 20.0 Å². The minimum absolute atomic E-state index is 0.822. The van der Waals surface area contributed by atoms with E-state index in [0.717, 1.165) is 23.3 Å². The number of aryl methyl sites for hydroxylation is 1. The molecule has 1 heterocycles. The van der Waals surface area contributed by atoms with Crippen molar-refractivity contribution in [1.29, 1.82) is 0 Å². The molecular weight excluding hydrogens is 314 g/mol. The highest BCUT2D eigenvalue weighted by Gasteiger charge is 2.10. The predicted molar refractivity (Wildman–Crippen MR) is 88.0 cm³/mol. The van der Waals surface area contributed by atoms with Gasteiger partial charge in [0.05, 0.1) is 0 Å². The zero-order chi connectivity index (χ0) is 14.5. The van der Waals surface area contributed by atoms with Crippen LogP contribution in [0.3, 0.4) is 0 Å². The quantitative estimate of drug-likeness (QED) is 0.907. The molecule has 1 N–H and O–H groups in total. The van der Waals surface area contributed by atoms with E-state index in [9.17, 15) is 0 Å². The summed E-state index contributed by atoms with van der Waals surface area (Å²) in [4.78, 5) is 6.65. The zero-order valence-electron chi connectivity index (χ0n) is 12.2. The highest BCUT2D eigenvalue weighted by atomic mass is 79.9. The molecule has 1 aromatic heterocycles. The average molecular weight is 334 g/mol. The maximum Gasteiger partial charge on any atom is 0.0445 e. The summed E-state index contributed by atoms with van der Waals surface area (Å²) in [7, 11) is 4.07. The summed E-state index contributed by atoms with van der Waals surface area (Å²) < 4.78 is 1.15. The third-order valence-electron chi connectivity index (χ3n) is 3.24. The summed E-state index contributed by atoms with van der Waals surface area (Å²) in [6.45, 7) is 3.71. The van der Waals surface area contributed by atoms with Crippen LogP contribution in [0.15, 0.2) is 41.0 Å². The standard InChI is InChI=1S/C16H20BrN3/c1-12-8-16(14(9-18-2)10-19-12)20(3)11-13-6-4-5-7-15(13)17/h4-8,10,18H,9,11H2,1-3H3. The van der Waals surface area contributed by atoms with Gasteiger partial charge in [-0.3, -0.25) is 4.98 Å². The van der Waals surface area contributed by atoms with Crippen LogP contribution in [0.1, 0.15) is 16.8 Å². The fourth-order valence-corrected chi connectivity index (χ4v) is 2.63. The number of nitrogens with zero attached hydrogens (tertiary/aromatic N) is 2. The molecule has 0 fully saturated rings. The number of rotatable bonds is 5. The van der Waals surface area contributed by atoms with Gasteiger partial charge >= 0.3 is 0 Å². The van der Waals surface area contributed by atoms with Gasteiger partial charge in [-0.1, -0.05) is 34.1 Å². The number of pyridine rings is 1. The minimum Gasteiger partial charge on any atom is -0.370 e. The molecule has 0 aliphatic heterocycles. The Hall–Kier alpha value is -1.39. The number of hydrogen-bond acceptors (Lipinski definition) is 3. The van der Waals surface area contributed by atoms with E-state index in [1.165, 1.54) is 16.8 Å². The molecule has 0 unspecified atom stereocenters. The Morgan fingerprint density at radius 3 is 2.70 bits per heavy atom. The summed E-state index contributed by atoms with van der Waals surface area (Å²) >= 11 is 3.61. The Labute approximate surface area is 129 Å². The van der Waals surface area contributed by atoms with Crippen LogP contribution in [0.2, 0.25) is 0 Å². The fourth-order valence-electron chi connectivity index (χ4n) is 2.22. The first-order valence-electron chi connectivity index (χ1n) is 6.66. The molecule has 1 aromatic carbocycles. The van der Waals surface area contributed by atoms with Crippen molar-refractivity contribution in [2.75, 3.05) is 19.0 Å². The van der Waals surface area contributed by atoms with Crippen molar-refractivity contribution in [1.82, 2.24) is 10.3 Å². The number of aromatic nitrogens is 1. The Kier molecular flexibility index (Phi) is 5.15. The van der Waals surface area contributed by atoms with Crippen molar-refractivity contribution in [3.8, 4) is 0 Å². The van der Waals surface area contributed by atoms with E-state index in [1.807, 2.05) is 26.2 Å². The molecule has 0 spiro atoms. The lowest BCUT2D eigenvalue weighted by Crippen LogP contribution is -2.20. The van der Waals surface area contributed by atoms with Crippen LogP contribution in [0.4, 0.5) is 5.69 Å². The third-order valence-corrected chi connectivity index (χ3v) is 4.02. The molecule has 2 aromatic rings. The second-order valence-electron chi connectivity index (χ2n) is 4.93. The molecule has 0 amide bonds. The van der Waals surface area contributed by atoms with E-state index in [4.69, 9.17) is 0 Å². The Morgan fingerprint density at radius 1 is 1.25 bits per heavy atom. The van der Waals surface area contributed by atoms with Crippen molar-refractivity contribution in [3.63, 3.8) is 0 Å². The van der Waals surface area contributed by atoms with Crippen molar-refractivity contribution in [3.05, 3.63) is 57.8 Å². The van der Waals surface area contributed by atoms with E-state index in [-0.39, 0.29) is 0 Å². The number of nitrogens with one attached hydrogen (secondary N) is 1. The predicted octanol–water partition coefficient (Wildman–Crippen LogP) is 3.51. The second-order valence-corrected chi connectivity index (χ2v) is 5.79.